The summed E-state index contributed by atoms with van der Waals surface area (Å²) >= 11 is 0. The van der Waals surface area contributed by atoms with Crippen LogP contribution in [0.5, 0.6) is 5.75 Å². The van der Waals surface area contributed by atoms with E-state index in [4.69, 9.17) is 9.47 Å². The highest BCUT2D eigenvalue weighted by molar-refractivity contribution is 6.02. The molecule has 150 valence electrons. The first-order valence-electron chi connectivity index (χ1n) is 10.1. The lowest BCUT2D eigenvalue weighted by molar-refractivity contribution is 0.0929. The minimum atomic E-state index is -0.252. The van der Waals surface area contributed by atoms with Crippen LogP contribution in [0, 0.1) is 18.8 Å². The van der Waals surface area contributed by atoms with Gasteiger partial charge in [-0.15, -0.1) is 0 Å². The number of fused-ring (bicyclic) bond motifs is 2. The molecule has 0 aromatic heterocycles. The van der Waals surface area contributed by atoms with Crippen molar-refractivity contribution < 1.29 is 19.1 Å². The molecule has 2 aromatic rings. The van der Waals surface area contributed by atoms with Crippen molar-refractivity contribution in [3.63, 3.8) is 0 Å². The zero-order valence-corrected chi connectivity index (χ0v) is 16.5. The molecule has 1 saturated heterocycles. The Morgan fingerprint density at radius 3 is 2.48 bits per heavy atom. The Labute approximate surface area is 169 Å². The second-order valence-corrected chi connectivity index (χ2v) is 8.11. The first-order chi connectivity index (χ1) is 14.1. The van der Waals surface area contributed by atoms with Crippen LogP contribution in [-0.2, 0) is 4.74 Å². The number of benzene rings is 2. The fourth-order valence-electron chi connectivity index (χ4n) is 4.69. The van der Waals surface area contributed by atoms with Gasteiger partial charge in [-0.25, -0.2) is 0 Å². The van der Waals surface area contributed by atoms with Crippen molar-refractivity contribution >= 4 is 11.8 Å². The van der Waals surface area contributed by atoms with Gasteiger partial charge in [0.25, 0.3) is 11.8 Å². The summed E-state index contributed by atoms with van der Waals surface area (Å²) in [6, 6.07) is 11.9. The summed E-state index contributed by atoms with van der Waals surface area (Å²) in [7, 11) is 1.58. The SMILES string of the molecule is CNC(=O)c1cc(C(=O)NC2[C@H]3COC[C@@H]23)cc2c1OC[C@H]2c1ccccc1C. The average molecular weight is 392 g/mol. The first kappa shape index (κ1) is 18.2. The van der Waals surface area contributed by atoms with Gasteiger partial charge in [-0.1, -0.05) is 24.3 Å². The van der Waals surface area contributed by atoms with Gasteiger partial charge in [0.2, 0.25) is 0 Å². The van der Waals surface area contributed by atoms with Crippen molar-refractivity contribution in [2.45, 2.75) is 18.9 Å². The van der Waals surface area contributed by atoms with Crippen LogP contribution in [0.15, 0.2) is 36.4 Å². The van der Waals surface area contributed by atoms with E-state index < -0.39 is 0 Å². The Kier molecular flexibility index (Phi) is 4.32. The lowest BCUT2D eigenvalue weighted by Crippen LogP contribution is -2.30. The van der Waals surface area contributed by atoms with E-state index in [-0.39, 0.29) is 23.8 Å². The van der Waals surface area contributed by atoms with Crippen LogP contribution in [0.25, 0.3) is 0 Å². The molecule has 0 bridgehead atoms. The standard InChI is InChI=1S/C23H24N2O4/c1-12-5-3-4-6-14(12)17-11-29-21-15(17)7-13(8-16(21)23(27)24-2)22(26)25-20-18-9-28-10-19(18)20/h3-8,17-20H,9-11H2,1-2H3,(H,24,27)(H,25,26)/t17-,18-,19+,20?/m0/s1. The molecule has 2 aromatic carbocycles. The van der Waals surface area contributed by atoms with E-state index in [0.717, 1.165) is 16.7 Å². The van der Waals surface area contributed by atoms with Crippen molar-refractivity contribution in [3.8, 4) is 5.75 Å². The van der Waals surface area contributed by atoms with E-state index in [1.54, 1.807) is 13.1 Å². The van der Waals surface area contributed by atoms with Crippen LogP contribution in [0.4, 0.5) is 0 Å². The Balaban J connectivity index is 1.51. The number of hydrogen-bond acceptors (Lipinski definition) is 4. The first-order valence-corrected chi connectivity index (χ1v) is 10.1. The van der Waals surface area contributed by atoms with Gasteiger partial charge in [0, 0.05) is 42.0 Å². The zero-order chi connectivity index (χ0) is 20.1. The van der Waals surface area contributed by atoms with Crippen molar-refractivity contribution in [1.29, 1.82) is 0 Å². The molecule has 2 fully saturated rings. The fourth-order valence-corrected chi connectivity index (χ4v) is 4.69. The largest absolute Gasteiger partial charge is 0.491 e. The van der Waals surface area contributed by atoms with Crippen LogP contribution in [0.3, 0.4) is 0 Å². The molecular weight excluding hydrogens is 368 g/mol. The zero-order valence-electron chi connectivity index (χ0n) is 16.5. The minimum Gasteiger partial charge on any atom is -0.491 e. The van der Waals surface area contributed by atoms with Crippen molar-refractivity contribution in [3.05, 3.63) is 64.2 Å². The number of rotatable bonds is 4. The summed E-state index contributed by atoms with van der Waals surface area (Å²) in [6.45, 7) is 3.95. The summed E-state index contributed by atoms with van der Waals surface area (Å²) in [5.41, 5.74) is 4.12. The van der Waals surface area contributed by atoms with E-state index in [1.807, 2.05) is 18.2 Å². The Bertz CT molecular complexity index is 992. The molecule has 1 aliphatic carbocycles. The maximum absolute atomic E-state index is 13.0. The van der Waals surface area contributed by atoms with Gasteiger partial charge < -0.3 is 20.1 Å². The number of carbonyl (C=O) groups is 2. The Morgan fingerprint density at radius 2 is 1.76 bits per heavy atom. The Hall–Kier alpha value is -2.86. The molecule has 0 spiro atoms. The third kappa shape index (κ3) is 2.99. The van der Waals surface area contributed by atoms with E-state index in [1.165, 1.54) is 0 Å². The molecule has 1 unspecified atom stereocenters. The second-order valence-electron chi connectivity index (χ2n) is 8.11. The molecule has 2 heterocycles. The molecule has 2 N–H and O–H groups in total. The summed E-state index contributed by atoms with van der Waals surface area (Å²) in [5, 5.41) is 5.78. The molecule has 6 nitrogen and oxygen atoms in total. The fraction of sp³-hybridized carbons (Fsp3) is 0.391. The van der Waals surface area contributed by atoms with Gasteiger partial charge in [0.1, 0.15) is 5.75 Å². The van der Waals surface area contributed by atoms with Gasteiger partial charge in [0.15, 0.2) is 0 Å². The lowest BCUT2D eigenvalue weighted by Gasteiger charge is -2.15. The smallest absolute Gasteiger partial charge is 0.254 e. The number of ether oxygens (including phenoxy) is 2. The van der Waals surface area contributed by atoms with Gasteiger partial charge in [-0.2, -0.15) is 0 Å². The number of aryl methyl sites for hydroxylation is 1. The molecule has 0 radical (unpaired) electrons. The number of amides is 2. The number of carbonyl (C=O) groups excluding carboxylic acids is 2. The lowest BCUT2D eigenvalue weighted by atomic mass is 9.88. The van der Waals surface area contributed by atoms with Gasteiger partial charge in [0.05, 0.1) is 25.4 Å². The van der Waals surface area contributed by atoms with Gasteiger partial charge >= 0.3 is 0 Å². The number of hydrogen-bond donors (Lipinski definition) is 2. The normalized spacial score (nSPS) is 26.3. The molecule has 1 saturated carbocycles. The van der Waals surface area contributed by atoms with Gasteiger partial charge in [-0.05, 0) is 30.2 Å². The molecule has 29 heavy (non-hydrogen) atoms. The highest BCUT2D eigenvalue weighted by Crippen LogP contribution is 2.45. The highest BCUT2D eigenvalue weighted by Gasteiger charge is 2.54. The molecular formula is C23H24N2O4. The van der Waals surface area contributed by atoms with Gasteiger partial charge in [-0.3, -0.25) is 9.59 Å². The van der Waals surface area contributed by atoms with Crippen LogP contribution in [0.1, 0.15) is 43.3 Å². The third-order valence-electron chi connectivity index (χ3n) is 6.44. The van der Waals surface area contributed by atoms with E-state index in [0.29, 0.717) is 48.5 Å². The molecule has 4 atom stereocenters. The summed E-state index contributed by atoms with van der Waals surface area (Å²) in [4.78, 5) is 25.5. The van der Waals surface area contributed by atoms with Crippen LogP contribution >= 0.6 is 0 Å². The Morgan fingerprint density at radius 1 is 1.00 bits per heavy atom. The summed E-state index contributed by atoms with van der Waals surface area (Å²) in [5.74, 6) is 1.03. The summed E-state index contributed by atoms with van der Waals surface area (Å²) < 4.78 is 11.4. The van der Waals surface area contributed by atoms with E-state index >= 15 is 0 Å². The molecule has 2 amide bonds. The molecule has 6 heteroatoms. The topological polar surface area (TPSA) is 76.7 Å². The minimum absolute atomic E-state index is 0.00365. The third-order valence-corrected chi connectivity index (χ3v) is 6.44. The predicted octanol–water partition coefficient (Wildman–Crippen LogP) is 2.25. The van der Waals surface area contributed by atoms with Crippen molar-refractivity contribution in [2.24, 2.45) is 11.8 Å². The van der Waals surface area contributed by atoms with Crippen LogP contribution in [0.2, 0.25) is 0 Å². The molecule has 2 aliphatic heterocycles. The average Bonchev–Trinajstić information content (AvgIpc) is 3.09. The van der Waals surface area contributed by atoms with Crippen LogP contribution in [-0.4, -0.2) is 44.7 Å². The van der Waals surface area contributed by atoms with E-state index in [2.05, 4.69) is 29.7 Å². The second kappa shape index (κ2) is 6.88. The molecule has 5 rings (SSSR count). The van der Waals surface area contributed by atoms with Crippen molar-refractivity contribution in [2.75, 3.05) is 26.9 Å². The van der Waals surface area contributed by atoms with Crippen LogP contribution < -0.4 is 15.4 Å². The maximum atomic E-state index is 13.0. The maximum Gasteiger partial charge on any atom is 0.254 e. The number of nitrogens with one attached hydrogen (secondary N) is 2. The quantitative estimate of drug-likeness (QED) is 0.837. The highest BCUT2D eigenvalue weighted by atomic mass is 16.5. The summed E-state index contributed by atoms with van der Waals surface area (Å²) in [6.07, 6.45) is 0. The van der Waals surface area contributed by atoms with E-state index in [9.17, 15) is 9.59 Å². The van der Waals surface area contributed by atoms with Crippen molar-refractivity contribution in [1.82, 2.24) is 10.6 Å². The predicted molar refractivity (Wildman–Crippen MR) is 107 cm³/mol. The monoisotopic (exact) mass is 392 g/mol. The molecule has 3 aliphatic rings.